The highest BCUT2D eigenvalue weighted by molar-refractivity contribution is 5.79. The van der Waals surface area contributed by atoms with Crippen LogP contribution in [0.3, 0.4) is 0 Å². The van der Waals surface area contributed by atoms with Crippen LogP contribution in [0.25, 0.3) is 0 Å². The largest absolute Gasteiger partial charge is 0.478 e. The first-order valence-corrected chi connectivity index (χ1v) is 6.13. The highest BCUT2D eigenvalue weighted by Crippen LogP contribution is 2.24. The Morgan fingerprint density at radius 3 is 2.29 bits per heavy atom. The molecule has 17 heavy (non-hydrogen) atoms. The highest BCUT2D eigenvalue weighted by Gasteiger charge is 2.22. The van der Waals surface area contributed by atoms with Gasteiger partial charge in [-0.2, -0.15) is 0 Å². The van der Waals surface area contributed by atoms with Crippen LogP contribution in [0.4, 0.5) is 4.39 Å². The molecule has 0 bridgehead atoms. The van der Waals surface area contributed by atoms with E-state index < -0.39 is 0 Å². The summed E-state index contributed by atoms with van der Waals surface area (Å²) in [5.41, 5.74) is 1.01. The number of hydrogen-bond donors (Lipinski definition) is 0. The van der Waals surface area contributed by atoms with Gasteiger partial charge in [-0.25, -0.2) is 9.38 Å². The molecule has 0 saturated heterocycles. The quantitative estimate of drug-likeness (QED) is 0.762. The van der Waals surface area contributed by atoms with Crippen LogP contribution in [-0.4, -0.2) is 12.5 Å². The number of halogens is 1. The molecule has 0 fully saturated rings. The monoisotopic (exact) mass is 237 g/mol. The zero-order valence-corrected chi connectivity index (χ0v) is 10.9. The van der Waals surface area contributed by atoms with Crippen molar-refractivity contribution in [2.24, 2.45) is 10.9 Å². The van der Waals surface area contributed by atoms with Gasteiger partial charge >= 0.3 is 0 Å². The Hall–Kier alpha value is -1.38. The maximum atomic E-state index is 12.7. The molecule has 1 unspecified atom stereocenters. The number of hydrogen-bond acceptors (Lipinski definition) is 2. The summed E-state index contributed by atoms with van der Waals surface area (Å²) in [4.78, 5) is 4.46. The van der Waals surface area contributed by atoms with Gasteiger partial charge in [0.05, 0.1) is 0 Å². The predicted molar refractivity (Wildman–Crippen MR) is 68.7 cm³/mol. The van der Waals surface area contributed by atoms with E-state index in [1.165, 1.54) is 12.1 Å². The predicted octanol–water partition coefficient (Wildman–Crippen LogP) is 3.98. The molecule has 0 N–H and O–H groups in total. The van der Waals surface area contributed by atoms with Gasteiger partial charge in [-0.3, -0.25) is 0 Å². The van der Waals surface area contributed by atoms with Crippen LogP contribution >= 0.6 is 0 Å². The maximum absolute atomic E-state index is 12.7. The molecule has 1 aliphatic rings. The molecule has 1 aromatic carbocycles. The second-order valence-electron chi connectivity index (χ2n) is 4.00. The van der Waals surface area contributed by atoms with E-state index in [0.29, 0.717) is 12.5 Å². The van der Waals surface area contributed by atoms with Crippen LogP contribution in [-0.2, 0) is 4.74 Å². The minimum absolute atomic E-state index is 0.0306. The third-order valence-corrected chi connectivity index (χ3v) is 2.42. The Balaban J connectivity index is 0.000000686. The smallest absolute Gasteiger partial charge is 0.186 e. The van der Waals surface area contributed by atoms with E-state index >= 15 is 0 Å². The van der Waals surface area contributed by atoms with Crippen LogP contribution in [0.15, 0.2) is 29.3 Å². The van der Waals surface area contributed by atoms with Gasteiger partial charge in [0.1, 0.15) is 18.5 Å². The molecule has 0 amide bonds. The molecule has 2 rings (SSSR count). The number of aliphatic imine (C=N–C) groups is 1. The molecule has 3 heteroatoms. The Labute approximate surface area is 103 Å². The molecule has 0 saturated carbocycles. The summed E-state index contributed by atoms with van der Waals surface area (Å²) in [7, 11) is 0. The van der Waals surface area contributed by atoms with E-state index in [2.05, 4.69) is 4.99 Å². The minimum Gasteiger partial charge on any atom is -0.478 e. The van der Waals surface area contributed by atoms with Gasteiger partial charge in [0.15, 0.2) is 5.90 Å². The van der Waals surface area contributed by atoms with E-state index in [1.54, 1.807) is 12.1 Å². The van der Waals surface area contributed by atoms with Gasteiger partial charge in [0.25, 0.3) is 0 Å². The zero-order chi connectivity index (χ0) is 12.8. The van der Waals surface area contributed by atoms with Gasteiger partial charge in [-0.05, 0) is 17.7 Å². The molecule has 1 heterocycles. The average Bonchev–Trinajstić information content (AvgIpc) is 2.82. The van der Waals surface area contributed by atoms with Crippen LogP contribution in [0.1, 0.15) is 39.3 Å². The Bertz CT molecular complexity index is 370. The summed E-state index contributed by atoms with van der Waals surface area (Å²) in [6.07, 6.45) is 0. The Morgan fingerprint density at radius 1 is 1.24 bits per heavy atom. The van der Waals surface area contributed by atoms with Crippen molar-refractivity contribution in [3.8, 4) is 0 Å². The molecule has 94 valence electrons. The summed E-state index contributed by atoms with van der Waals surface area (Å²) in [6, 6.07) is 6.46. The van der Waals surface area contributed by atoms with Crippen molar-refractivity contribution in [1.29, 1.82) is 0 Å². The highest BCUT2D eigenvalue weighted by atomic mass is 19.1. The number of nitrogens with zero attached hydrogens (tertiary/aromatic N) is 1. The van der Waals surface area contributed by atoms with Gasteiger partial charge in [0.2, 0.25) is 0 Å². The molecule has 0 radical (unpaired) electrons. The fourth-order valence-electron chi connectivity index (χ4n) is 1.56. The van der Waals surface area contributed by atoms with Gasteiger partial charge < -0.3 is 4.74 Å². The first kappa shape index (κ1) is 13.7. The van der Waals surface area contributed by atoms with Crippen LogP contribution in [0.5, 0.6) is 0 Å². The molecule has 2 nitrogen and oxygen atoms in total. The van der Waals surface area contributed by atoms with E-state index in [9.17, 15) is 4.39 Å². The molecule has 1 aromatic rings. The molecule has 0 aromatic heterocycles. The van der Waals surface area contributed by atoms with E-state index in [-0.39, 0.29) is 11.9 Å². The zero-order valence-electron chi connectivity index (χ0n) is 10.9. The Morgan fingerprint density at radius 2 is 1.82 bits per heavy atom. The fourth-order valence-corrected chi connectivity index (χ4v) is 1.56. The topological polar surface area (TPSA) is 21.6 Å². The third kappa shape index (κ3) is 3.55. The van der Waals surface area contributed by atoms with Crippen LogP contribution < -0.4 is 0 Å². The van der Waals surface area contributed by atoms with Crippen molar-refractivity contribution in [1.82, 2.24) is 0 Å². The average molecular weight is 237 g/mol. The lowest BCUT2D eigenvalue weighted by molar-refractivity contribution is 0.303. The molecule has 0 aliphatic carbocycles. The van der Waals surface area contributed by atoms with Crippen molar-refractivity contribution in [2.45, 2.75) is 33.7 Å². The van der Waals surface area contributed by atoms with Gasteiger partial charge in [-0.15, -0.1) is 0 Å². The summed E-state index contributed by atoms with van der Waals surface area (Å²) < 4.78 is 18.2. The number of rotatable bonds is 2. The summed E-state index contributed by atoms with van der Waals surface area (Å²) in [5.74, 6) is 0.894. The van der Waals surface area contributed by atoms with Crippen LogP contribution in [0, 0.1) is 11.7 Å². The second-order valence-corrected chi connectivity index (χ2v) is 4.00. The lowest BCUT2D eigenvalue weighted by atomic mass is 10.1. The summed E-state index contributed by atoms with van der Waals surface area (Å²) >= 11 is 0. The van der Waals surface area contributed by atoms with Crippen molar-refractivity contribution >= 4 is 5.90 Å². The Kier molecular flexibility index (Phi) is 5.13. The van der Waals surface area contributed by atoms with Crippen LogP contribution in [0.2, 0.25) is 0 Å². The maximum Gasteiger partial charge on any atom is 0.186 e. The third-order valence-electron chi connectivity index (χ3n) is 2.42. The molecule has 1 aliphatic heterocycles. The lowest BCUT2D eigenvalue weighted by Gasteiger charge is -2.04. The molecular weight excluding hydrogens is 217 g/mol. The molecule has 0 spiro atoms. The normalized spacial score (nSPS) is 18.2. The van der Waals surface area contributed by atoms with Crippen molar-refractivity contribution in [2.75, 3.05) is 6.61 Å². The summed E-state index contributed by atoms with van der Waals surface area (Å²) in [6.45, 7) is 8.66. The SMILES string of the molecule is CC.CC(C)C1=NC(c2ccc(F)cc2)CO1. The fraction of sp³-hybridized carbons (Fsp3) is 0.500. The van der Waals surface area contributed by atoms with E-state index in [0.717, 1.165) is 11.5 Å². The lowest BCUT2D eigenvalue weighted by Crippen LogP contribution is -2.06. The van der Waals surface area contributed by atoms with Crippen molar-refractivity contribution in [3.63, 3.8) is 0 Å². The number of ether oxygens (including phenoxy) is 1. The van der Waals surface area contributed by atoms with E-state index in [1.807, 2.05) is 27.7 Å². The first-order chi connectivity index (χ1) is 8.16. The van der Waals surface area contributed by atoms with Crippen molar-refractivity contribution in [3.05, 3.63) is 35.6 Å². The standard InChI is InChI=1S/C12H14FNO.C2H6/c1-8(2)12-14-11(7-15-12)9-3-5-10(13)6-4-9;1-2/h3-6,8,11H,7H2,1-2H3;1-2H3. The van der Waals surface area contributed by atoms with E-state index in [4.69, 9.17) is 4.74 Å². The second kappa shape index (κ2) is 6.38. The first-order valence-electron chi connectivity index (χ1n) is 6.13. The van der Waals surface area contributed by atoms with Gasteiger partial charge in [0, 0.05) is 5.92 Å². The van der Waals surface area contributed by atoms with Gasteiger partial charge in [-0.1, -0.05) is 39.8 Å². The molecule has 1 atom stereocenters. The summed E-state index contributed by atoms with van der Waals surface area (Å²) in [5, 5.41) is 0. The van der Waals surface area contributed by atoms with Crippen molar-refractivity contribution < 1.29 is 9.13 Å². The minimum atomic E-state index is -0.217. The molecular formula is C14H20FNO. The number of benzene rings is 1.